The fourth-order valence-corrected chi connectivity index (χ4v) is 3.48. The van der Waals surface area contributed by atoms with Crippen LogP contribution in [0, 0.1) is 138 Å². The van der Waals surface area contributed by atoms with Crippen molar-refractivity contribution in [2.75, 3.05) is 25.6 Å². The van der Waals surface area contributed by atoms with Gasteiger partial charge in [-0.1, -0.05) is 6.92 Å². The molecule has 0 aromatic carbocycles. The second-order valence-corrected chi connectivity index (χ2v) is 8.70. The molecule has 1 rings (SSSR count). The van der Waals surface area contributed by atoms with Crippen molar-refractivity contribution in [3.63, 3.8) is 0 Å². The van der Waals surface area contributed by atoms with Crippen molar-refractivity contribution in [1.82, 2.24) is 16.0 Å². The van der Waals surface area contributed by atoms with Crippen LogP contribution in [0.3, 0.4) is 0 Å². The van der Waals surface area contributed by atoms with E-state index in [1.54, 1.807) is 27.7 Å². The van der Waals surface area contributed by atoms with E-state index >= 15 is 0 Å². The molecule has 6 N–H and O–H groups in total. The number of thioether (sulfide) groups is 1. The van der Waals surface area contributed by atoms with Gasteiger partial charge in [0.25, 0.3) is 0 Å². The molecule has 1 saturated heterocycles. The Hall–Kier alpha value is 2.72. The number of amides is 3. The van der Waals surface area contributed by atoms with Crippen LogP contribution in [0.15, 0.2) is 0 Å². The normalized spacial score (nSPS) is 24.5. The summed E-state index contributed by atoms with van der Waals surface area (Å²) >= 11 is 1.19. The maximum Gasteiger partial charge on any atom is 0.408 e. The van der Waals surface area contributed by atoms with Crippen LogP contribution in [0.25, 0.3) is 0 Å². The average Bonchev–Trinajstić information content (AvgIpc) is 2.63. The summed E-state index contributed by atoms with van der Waals surface area (Å²) in [4.78, 5) is 34.9. The maximum absolute atomic E-state index is 11.8. The Bertz CT molecular complexity index is 584. The molecule has 11 nitrogen and oxygen atoms in total. The van der Waals surface area contributed by atoms with Gasteiger partial charge in [-0.15, -0.1) is 11.8 Å². The van der Waals surface area contributed by atoms with E-state index in [1.165, 1.54) is 11.8 Å². The molecule has 1 heterocycles. The van der Waals surface area contributed by atoms with Gasteiger partial charge in [0.2, 0.25) is 11.8 Å². The molecular weight excluding hydrogens is 1090 g/mol. The van der Waals surface area contributed by atoms with Crippen molar-refractivity contribution >= 4 is 29.7 Å². The Balaban J connectivity index is -0.00000280. The molecule has 3 amide bonds. The van der Waals surface area contributed by atoms with Gasteiger partial charge in [-0.25, -0.2) is 4.79 Å². The van der Waals surface area contributed by atoms with E-state index in [9.17, 15) is 29.7 Å². The van der Waals surface area contributed by atoms with Crippen molar-refractivity contribution in [2.24, 2.45) is 5.92 Å². The zero-order chi connectivity index (χ0) is 22.2. The zero-order valence-electron chi connectivity index (χ0n) is 18.7. The summed E-state index contributed by atoms with van der Waals surface area (Å²) in [5.41, 5.74) is -1.21. The van der Waals surface area contributed by atoms with Crippen molar-refractivity contribution in [3.05, 3.63) is 0 Å². The smallest absolute Gasteiger partial charge is 0.408 e. The molecule has 0 bridgehead atoms. The molecule has 3 unspecified atom stereocenters. The SMILES string of the molecule is CC1C(O)[C@@H](O)C(CO)O[C@H]1SCNC(=O)CNC(=O)CNC(=O)OC(C)(C)C.[Ac].[Ac].[Ac]. The minimum absolute atomic E-state index is 0. The van der Waals surface area contributed by atoms with E-state index in [0.29, 0.717) is 0 Å². The molecule has 1 fully saturated rings. The number of aliphatic hydroxyl groups is 3. The number of hydrogen-bond donors (Lipinski definition) is 6. The third-order valence-electron chi connectivity index (χ3n) is 3.94. The molecule has 5 atom stereocenters. The number of carbonyl (C=O) groups excluding carboxylic acids is 3. The summed E-state index contributed by atoms with van der Waals surface area (Å²) in [5.74, 6) is -1.27. The van der Waals surface area contributed by atoms with Gasteiger partial charge in [0.05, 0.1) is 25.1 Å². The van der Waals surface area contributed by atoms with Crippen molar-refractivity contribution in [2.45, 2.75) is 57.0 Å². The molecule has 0 spiro atoms. The Morgan fingerprint density at radius 1 is 0.969 bits per heavy atom. The first kappa shape index (κ1) is 39.2. The molecule has 0 saturated carbocycles. The zero-order valence-corrected chi connectivity index (χ0v) is 33.8. The van der Waals surface area contributed by atoms with Crippen LogP contribution in [0.2, 0.25) is 0 Å². The second-order valence-electron chi connectivity index (χ2n) is 7.61. The molecule has 1 aliphatic heterocycles. The standard InChI is InChI=1S/C17H31N3O8S.3Ac/c1-9-13(24)14(25)10(7-21)27-15(9)29-8-20-12(23)5-18-11(22)6-19-16(26)28-17(2,3)4;;;/h9-10,13-15,21,24-25H,5-8H2,1-4H3,(H,18,22)(H,19,26)(H,20,23);;;/t9?,10?,13?,14-,15-;;;/m0.../s1. The van der Waals surface area contributed by atoms with Gasteiger partial charge in [0.1, 0.15) is 29.8 Å². The number of rotatable bonds is 8. The van der Waals surface area contributed by atoms with Crippen LogP contribution in [0.4, 0.5) is 4.79 Å². The maximum atomic E-state index is 11.8. The number of hydrogen-bond acceptors (Lipinski definition) is 9. The quantitative estimate of drug-likeness (QED) is 0.159. The number of nitrogens with one attached hydrogen (secondary N) is 3. The summed E-state index contributed by atoms with van der Waals surface area (Å²) in [6.45, 7) is 5.74. The van der Waals surface area contributed by atoms with Gasteiger partial charge < -0.3 is 40.7 Å². The van der Waals surface area contributed by atoms with E-state index in [1.807, 2.05) is 0 Å². The van der Waals surface area contributed by atoms with Gasteiger partial charge in [-0.05, 0) is 20.8 Å². The minimum Gasteiger partial charge on any atom is -0.444 e. The summed E-state index contributed by atoms with van der Waals surface area (Å²) in [6.07, 6.45) is -3.86. The first-order valence-electron chi connectivity index (χ1n) is 9.19. The van der Waals surface area contributed by atoms with Crippen molar-refractivity contribution in [3.8, 4) is 0 Å². The number of alkyl carbamates (subject to hydrolysis) is 1. The van der Waals surface area contributed by atoms with Gasteiger partial charge >= 0.3 is 6.09 Å². The molecular formula is C17H31Ac3N3O8S. The van der Waals surface area contributed by atoms with Gasteiger partial charge in [0, 0.05) is 138 Å². The van der Waals surface area contributed by atoms with Gasteiger partial charge in [0.15, 0.2) is 0 Å². The molecule has 0 aromatic heterocycles. The first-order chi connectivity index (χ1) is 13.4. The third-order valence-corrected chi connectivity index (χ3v) is 5.12. The molecule has 15 heteroatoms. The van der Waals surface area contributed by atoms with Crippen LogP contribution < -0.4 is 16.0 Å². The second kappa shape index (κ2) is 19.8. The Kier molecular flexibility index (Phi) is 24.3. The molecule has 0 aliphatic carbocycles. The van der Waals surface area contributed by atoms with Crippen LogP contribution in [-0.4, -0.2) is 88.1 Å². The third kappa shape index (κ3) is 15.8. The predicted octanol–water partition coefficient (Wildman–Crippen LogP) is -1.49. The molecule has 32 heavy (non-hydrogen) atoms. The Labute approximate surface area is 300 Å². The average molecular weight is 1120 g/mol. The van der Waals surface area contributed by atoms with Crippen LogP contribution >= 0.6 is 11.8 Å². The summed E-state index contributed by atoms with van der Waals surface area (Å²) in [6, 6.07) is 0. The molecule has 177 valence electrons. The molecule has 1 aliphatic rings. The van der Waals surface area contributed by atoms with E-state index in [0.717, 1.165) is 0 Å². The fraction of sp³-hybridized carbons (Fsp3) is 0.824. The van der Waals surface area contributed by atoms with Gasteiger partial charge in [-0.2, -0.15) is 0 Å². The predicted molar refractivity (Wildman–Crippen MR) is 105 cm³/mol. The van der Waals surface area contributed by atoms with E-state index < -0.39 is 59.8 Å². The van der Waals surface area contributed by atoms with Crippen molar-refractivity contribution in [1.29, 1.82) is 0 Å². The molecule has 0 aromatic rings. The Morgan fingerprint density at radius 2 is 1.50 bits per heavy atom. The first-order valence-corrected chi connectivity index (χ1v) is 10.2. The fourth-order valence-electron chi connectivity index (χ4n) is 2.39. The monoisotopic (exact) mass is 1120 g/mol. The van der Waals surface area contributed by atoms with Crippen molar-refractivity contribution < 1.29 is 171 Å². The number of aliphatic hydroxyl groups excluding tert-OH is 3. The molecule has 3 radical (unpaired) electrons. The topological polar surface area (TPSA) is 166 Å². The Morgan fingerprint density at radius 3 is 2.03 bits per heavy atom. The van der Waals surface area contributed by atoms with Crippen LogP contribution in [0.5, 0.6) is 0 Å². The minimum atomic E-state index is -1.18. The largest absolute Gasteiger partial charge is 0.444 e. The summed E-state index contributed by atoms with van der Waals surface area (Å²) in [5, 5.41) is 36.2. The number of carbonyl (C=O) groups is 3. The van der Waals surface area contributed by atoms with E-state index in [-0.39, 0.29) is 151 Å². The van der Waals surface area contributed by atoms with E-state index in [2.05, 4.69) is 16.0 Å². The van der Waals surface area contributed by atoms with E-state index in [4.69, 9.17) is 9.47 Å². The van der Waals surface area contributed by atoms with Crippen LogP contribution in [-0.2, 0) is 19.1 Å². The number of ether oxygens (including phenoxy) is 2. The van der Waals surface area contributed by atoms with Gasteiger partial charge in [-0.3, -0.25) is 9.59 Å². The summed E-state index contributed by atoms with van der Waals surface area (Å²) in [7, 11) is 0. The van der Waals surface area contributed by atoms with Crippen LogP contribution in [0.1, 0.15) is 27.7 Å². The summed E-state index contributed by atoms with van der Waals surface area (Å²) < 4.78 is 10.5.